The van der Waals surface area contributed by atoms with E-state index < -0.39 is 0 Å². The summed E-state index contributed by atoms with van der Waals surface area (Å²) < 4.78 is 5.42. The van der Waals surface area contributed by atoms with Gasteiger partial charge in [-0.2, -0.15) is 0 Å². The molecule has 0 unspecified atom stereocenters. The van der Waals surface area contributed by atoms with Gasteiger partial charge in [-0.25, -0.2) is 4.79 Å². The minimum Gasteiger partial charge on any atom is -0.379 e. The smallest absolute Gasteiger partial charge is 0.315 e. The van der Waals surface area contributed by atoms with Crippen molar-refractivity contribution in [2.24, 2.45) is 5.41 Å². The van der Waals surface area contributed by atoms with Crippen LogP contribution in [0.1, 0.15) is 32.1 Å². The molecule has 5 nitrogen and oxygen atoms in total. The number of hydrogen-bond acceptors (Lipinski definition) is 3. The lowest BCUT2D eigenvalue weighted by Gasteiger charge is -2.42. The zero-order valence-electron chi connectivity index (χ0n) is 12.8. The van der Waals surface area contributed by atoms with Gasteiger partial charge in [0, 0.05) is 31.6 Å². The van der Waals surface area contributed by atoms with E-state index >= 15 is 0 Å². The van der Waals surface area contributed by atoms with Crippen molar-refractivity contribution in [2.75, 3.05) is 45.9 Å². The molecule has 0 spiro atoms. The lowest BCUT2D eigenvalue weighted by molar-refractivity contribution is 0.00784. The van der Waals surface area contributed by atoms with Gasteiger partial charge in [0.05, 0.1) is 19.8 Å². The van der Waals surface area contributed by atoms with Crippen LogP contribution < -0.4 is 10.6 Å². The Kier molecular flexibility index (Phi) is 6.34. The molecule has 1 aliphatic carbocycles. The van der Waals surface area contributed by atoms with E-state index in [1.54, 1.807) is 0 Å². The van der Waals surface area contributed by atoms with Crippen molar-refractivity contribution in [2.45, 2.75) is 32.1 Å². The zero-order chi connectivity index (χ0) is 15.0. The maximum Gasteiger partial charge on any atom is 0.315 e. The van der Waals surface area contributed by atoms with E-state index in [-0.39, 0.29) is 18.0 Å². The fourth-order valence-electron chi connectivity index (χ4n) is 3.39. The van der Waals surface area contributed by atoms with Crippen molar-refractivity contribution < 1.29 is 9.53 Å². The van der Waals surface area contributed by atoms with Gasteiger partial charge in [0.1, 0.15) is 0 Å². The lowest BCUT2D eigenvalue weighted by Crippen LogP contribution is -2.50. The van der Waals surface area contributed by atoms with E-state index in [1.807, 2.05) is 0 Å². The van der Waals surface area contributed by atoms with Crippen LogP contribution in [-0.2, 0) is 4.74 Å². The van der Waals surface area contributed by atoms with Crippen molar-refractivity contribution >= 4 is 6.03 Å². The first-order valence-corrected chi connectivity index (χ1v) is 7.99. The zero-order valence-corrected chi connectivity index (χ0v) is 12.8. The largest absolute Gasteiger partial charge is 0.379 e. The molecule has 0 aromatic carbocycles. The number of terminal acetylenes is 1. The van der Waals surface area contributed by atoms with Gasteiger partial charge in [0.25, 0.3) is 0 Å². The molecule has 0 aromatic rings. The number of rotatable bonds is 5. The maximum atomic E-state index is 11.7. The molecule has 118 valence electrons. The molecule has 21 heavy (non-hydrogen) atoms. The van der Waals surface area contributed by atoms with Gasteiger partial charge >= 0.3 is 6.03 Å². The molecule has 1 aliphatic heterocycles. The second-order valence-electron chi connectivity index (χ2n) is 6.19. The summed E-state index contributed by atoms with van der Waals surface area (Å²) in [6.45, 7) is 5.74. The molecule has 0 bridgehead atoms. The van der Waals surface area contributed by atoms with Gasteiger partial charge < -0.3 is 15.4 Å². The fraction of sp³-hybridized carbons (Fsp3) is 0.812. The predicted octanol–water partition coefficient (Wildman–Crippen LogP) is 1.20. The second-order valence-corrected chi connectivity index (χ2v) is 6.19. The molecule has 0 radical (unpaired) electrons. The third-order valence-corrected chi connectivity index (χ3v) is 4.55. The quantitative estimate of drug-likeness (QED) is 0.749. The van der Waals surface area contributed by atoms with Crippen LogP contribution in [0.2, 0.25) is 0 Å². The summed E-state index contributed by atoms with van der Waals surface area (Å²) in [4.78, 5) is 14.2. The number of carbonyl (C=O) groups is 1. The number of carbonyl (C=O) groups excluding carboxylic acids is 1. The van der Waals surface area contributed by atoms with Gasteiger partial charge in [0.15, 0.2) is 0 Å². The SMILES string of the molecule is C#CCNC(=O)NCC1(CN2CCOCC2)CCCCC1. The van der Waals surface area contributed by atoms with Crippen LogP contribution in [0.3, 0.4) is 0 Å². The second kappa shape index (κ2) is 8.26. The fourth-order valence-corrected chi connectivity index (χ4v) is 3.39. The number of nitrogens with zero attached hydrogens (tertiary/aromatic N) is 1. The number of amides is 2. The van der Waals surface area contributed by atoms with Crippen LogP contribution in [0.5, 0.6) is 0 Å². The van der Waals surface area contributed by atoms with E-state index in [0.29, 0.717) is 0 Å². The topological polar surface area (TPSA) is 53.6 Å². The molecular formula is C16H27N3O2. The van der Waals surface area contributed by atoms with Gasteiger partial charge in [-0.15, -0.1) is 6.42 Å². The molecule has 2 rings (SSSR count). The number of urea groups is 1. The molecule has 1 saturated carbocycles. The summed E-state index contributed by atoms with van der Waals surface area (Å²) in [6, 6.07) is -0.153. The standard InChI is InChI=1S/C16H27N3O2/c1-2-8-17-15(20)18-13-16(6-4-3-5-7-16)14-19-9-11-21-12-10-19/h1H,3-14H2,(H2,17,18,20). The van der Waals surface area contributed by atoms with Crippen LogP contribution in [-0.4, -0.2) is 56.9 Å². The summed E-state index contributed by atoms with van der Waals surface area (Å²) in [5.41, 5.74) is 0.211. The predicted molar refractivity (Wildman–Crippen MR) is 83.0 cm³/mol. The van der Waals surface area contributed by atoms with Crippen LogP contribution >= 0.6 is 0 Å². The Bertz CT molecular complexity index is 366. The lowest BCUT2D eigenvalue weighted by atomic mass is 9.73. The van der Waals surface area contributed by atoms with Crippen molar-refractivity contribution in [1.82, 2.24) is 15.5 Å². The molecule has 1 heterocycles. The minimum atomic E-state index is -0.153. The summed E-state index contributed by atoms with van der Waals surface area (Å²) in [6.07, 6.45) is 11.4. The van der Waals surface area contributed by atoms with Gasteiger partial charge in [-0.1, -0.05) is 25.2 Å². The molecule has 2 amide bonds. The van der Waals surface area contributed by atoms with E-state index in [2.05, 4.69) is 21.5 Å². The summed E-state index contributed by atoms with van der Waals surface area (Å²) in [7, 11) is 0. The van der Waals surface area contributed by atoms with Gasteiger partial charge in [0.2, 0.25) is 0 Å². The van der Waals surface area contributed by atoms with Crippen molar-refractivity contribution in [3.05, 3.63) is 0 Å². The molecule has 5 heteroatoms. The minimum absolute atomic E-state index is 0.153. The van der Waals surface area contributed by atoms with E-state index in [1.165, 1.54) is 32.1 Å². The highest BCUT2D eigenvalue weighted by atomic mass is 16.5. The number of ether oxygens (including phenoxy) is 1. The third kappa shape index (κ3) is 5.22. The number of morpholine rings is 1. The van der Waals surface area contributed by atoms with E-state index in [9.17, 15) is 4.79 Å². The Labute approximate surface area is 127 Å². The first kappa shape index (κ1) is 16.1. The van der Waals surface area contributed by atoms with Crippen LogP contribution in [0.4, 0.5) is 4.79 Å². The van der Waals surface area contributed by atoms with Crippen LogP contribution in [0, 0.1) is 17.8 Å². The first-order chi connectivity index (χ1) is 10.2. The molecular weight excluding hydrogens is 266 g/mol. The van der Waals surface area contributed by atoms with Gasteiger partial charge in [-0.3, -0.25) is 4.90 Å². The highest BCUT2D eigenvalue weighted by Gasteiger charge is 2.34. The monoisotopic (exact) mass is 293 g/mol. The number of hydrogen-bond donors (Lipinski definition) is 2. The molecule has 2 aliphatic rings. The molecule has 1 saturated heterocycles. The summed E-state index contributed by atoms with van der Waals surface area (Å²) >= 11 is 0. The van der Waals surface area contributed by atoms with Crippen LogP contribution in [0.25, 0.3) is 0 Å². The van der Waals surface area contributed by atoms with Gasteiger partial charge in [-0.05, 0) is 12.8 Å². The first-order valence-electron chi connectivity index (χ1n) is 7.99. The van der Waals surface area contributed by atoms with E-state index in [4.69, 9.17) is 11.2 Å². The average Bonchev–Trinajstić information content (AvgIpc) is 2.53. The highest BCUT2D eigenvalue weighted by molar-refractivity contribution is 5.74. The summed E-state index contributed by atoms with van der Waals surface area (Å²) in [5.74, 6) is 2.42. The number of nitrogens with one attached hydrogen (secondary N) is 2. The average molecular weight is 293 g/mol. The Balaban J connectivity index is 1.86. The Hall–Kier alpha value is -1.25. The van der Waals surface area contributed by atoms with Crippen molar-refractivity contribution in [3.63, 3.8) is 0 Å². The van der Waals surface area contributed by atoms with E-state index in [0.717, 1.165) is 39.4 Å². The van der Waals surface area contributed by atoms with Crippen LogP contribution in [0.15, 0.2) is 0 Å². The normalized spacial score (nSPS) is 22.2. The Morgan fingerprint density at radius 2 is 1.90 bits per heavy atom. The molecule has 2 fully saturated rings. The molecule has 0 atom stereocenters. The third-order valence-electron chi connectivity index (χ3n) is 4.55. The molecule has 0 aromatic heterocycles. The maximum absolute atomic E-state index is 11.7. The Morgan fingerprint density at radius 3 is 2.57 bits per heavy atom. The molecule has 2 N–H and O–H groups in total. The Morgan fingerprint density at radius 1 is 1.19 bits per heavy atom. The van der Waals surface area contributed by atoms with Crippen molar-refractivity contribution in [3.8, 4) is 12.3 Å². The highest BCUT2D eigenvalue weighted by Crippen LogP contribution is 2.36. The summed E-state index contributed by atoms with van der Waals surface area (Å²) in [5, 5.41) is 5.69. The van der Waals surface area contributed by atoms with Crippen molar-refractivity contribution in [1.29, 1.82) is 0 Å².